The third-order valence-electron chi connectivity index (χ3n) is 3.11. The number of anilines is 1. The van der Waals surface area contributed by atoms with E-state index in [1.807, 2.05) is 37.8 Å². The molecule has 0 radical (unpaired) electrons. The standard InChI is InChI=1S/C15H23N5OS/c1-10-7-16-12(22-10)15(5,6)19-13(21)18-11-8-17-20(9-11)14(2,3)4/h7-9H,1-6H3,(H2,18,19,21). The van der Waals surface area contributed by atoms with Gasteiger partial charge in [0.1, 0.15) is 5.01 Å². The van der Waals surface area contributed by atoms with Crippen LogP contribution in [0.25, 0.3) is 0 Å². The van der Waals surface area contributed by atoms with Crippen LogP contribution in [-0.2, 0) is 11.1 Å². The van der Waals surface area contributed by atoms with Gasteiger partial charge in [-0.15, -0.1) is 11.3 Å². The normalized spacial score (nSPS) is 12.3. The predicted octanol–water partition coefficient (Wildman–Crippen LogP) is 3.46. The number of nitrogens with one attached hydrogen (secondary N) is 2. The highest BCUT2D eigenvalue weighted by molar-refractivity contribution is 7.11. The smallest absolute Gasteiger partial charge is 0.320 e. The van der Waals surface area contributed by atoms with Crippen molar-refractivity contribution in [3.05, 3.63) is 28.5 Å². The topological polar surface area (TPSA) is 71.8 Å². The van der Waals surface area contributed by atoms with Gasteiger partial charge in [-0.1, -0.05) is 0 Å². The lowest BCUT2D eigenvalue weighted by molar-refractivity contribution is 0.241. The van der Waals surface area contributed by atoms with E-state index in [9.17, 15) is 4.79 Å². The maximum Gasteiger partial charge on any atom is 0.320 e. The first kappa shape index (κ1) is 16.5. The van der Waals surface area contributed by atoms with Crippen molar-refractivity contribution in [3.63, 3.8) is 0 Å². The molecule has 2 N–H and O–H groups in total. The summed E-state index contributed by atoms with van der Waals surface area (Å²) >= 11 is 1.58. The van der Waals surface area contributed by atoms with Gasteiger partial charge in [-0.3, -0.25) is 4.68 Å². The SMILES string of the molecule is Cc1cnc(C(C)(C)NC(=O)Nc2cnn(C(C)(C)C)c2)s1. The summed E-state index contributed by atoms with van der Waals surface area (Å²) in [7, 11) is 0. The first-order valence-electron chi connectivity index (χ1n) is 7.15. The molecule has 2 amide bonds. The molecule has 2 aromatic rings. The average molecular weight is 321 g/mol. The van der Waals surface area contributed by atoms with Crippen molar-refractivity contribution in [3.8, 4) is 0 Å². The van der Waals surface area contributed by atoms with Crippen LogP contribution in [0.1, 0.15) is 44.5 Å². The minimum atomic E-state index is -0.525. The molecule has 0 spiro atoms. The number of rotatable bonds is 3. The minimum absolute atomic E-state index is 0.117. The Kier molecular flexibility index (Phi) is 4.28. The van der Waals surface area contributed by atoms with Crippen LogP contribution >= 0.6 is 11.3 Å². The van der Waals surface area contributed by atoms with Crippen LogP contribution in [0.4, 0.5) is 10.5 Å². The molecule has 2 heterocycles. The summed E-state index contributed by atoms with van der Waals surface area (Å²) in [5, 5.41) is 10.9. The van der Waals surface area contributed by atoms with E-state index in [4.69, 9.17) is 0 Å². The van der Waals surface area contributed by atoms with E-state index in [-0.39, 0.29) is 11.6 Å². The van der Waals surface area contributed by atoms with Crippen molar-refractivity contribution >= 4 is 23.1 Å². The fraction of sp³-hybridized carbons (Fsp3) is 0.533. The minimum Gasteiger partial charge on any atom is -0.326 e. The van der Waals surface area contributed by atoms with E-state index in [1.54, 1.807) is 17.5 Å². The summed E-state index contributed by atoms with van der Waals surface area (Å²) in [6, 6.07) is -0.272. The molecule has 0 saturated heterocycles. The van der Waals surface area contributed by atoms with Crippen molar-refractivity contribution < 1.29 is 4.79 Å². The molecule has 0 aliphatic rings. The molecule has 22 heavy (non-hydrogen) atoms. The van der Waals surface area contributed by atoms with Gasteiger partial charge < -0.3 is 10.6 Å². The van der Waals surface area contributed by atoms with E-state index in [0.29, 0.717) is 5.69 Å². The van der Waals surface area contributed by atoms with Crippen LogP contribution in [0, 0.1) is 6.92 Å². The molecule has 6 nitrogen and oxygen atoms in total. The van der Waals surface area contributed by atoms with E-state index in [1.165, 1.54) is 0 Å². The van der Waals surface area contributed by atoms with Crippen molar-refractivity contribution in [2.24, 2.45) is 0 Å². The highest BCUT2D eigenvalue weighted by Gasteiger charge is 2.26. The summed E-state index contributed by atoms with van der Waals surface area (Å²) in [6.07, 6.45) is 5.28. The number of urea groups is 1. The molecule has 2 rings (SSSR count). The van der Waals surface area contributed by atoms with Crippen LogP contribution in [0.5, 0.6) is 0 Å². The third kappa shape index (κ3) is 3.85. The van der Waals surface area contributed by atoms with E-state index >= 15 is 0 Å². The van der Waals surface area contributed by atoms with Crippen LogP contribution in [-0.4, -0.2) is 20.8 Å². The Bertz CT molecular complexity index is 666. The Morgan fingerprint density at radius 1 is 1.23 bits per heavy atom. The van der Waals surface area contributed by atoms with Crippen molar-refractivity contribution in [2.45, 2.75) is 52.6 Å². The molecule has 0 fully saturated rings. The molecule has 0 saturated carbocycles. The zero-order valence-electron chi connectivity index (χ0n) is 13.9. The summed E-state index contributed by atoms with van der Waals surface area (Å²) in [5.41, 5.74) is 0.0236. The lowest BCUT2D eigenvalue weighted by Crippen LogP contribution is -2.43. The van der Waals surface area contributed by atoms with Gasteiger partial charge in [0.05, 0.1) is 23.0 Å². The average Bonchev–Trinajstić information content (AvgIpc) is 2.96. The molecule has 0 atom stereocenters. The van der Waals surface area contributed by atoms with Crippen LogP contribution < -0.4 is 10.6 Å². The first-order chi connectivity index (χ1) is 10.1. The lowest BCUT2D eigenvalue weighted by atomic mass is 10.1. The third-order valence-corrected chi connectivity index (χ3v) is 4.35. The number of carbonyl (C=O) groups excluding carboxylic acids is 1. The van der Waals surface area contributed by atoms with Gasteiger partial charge in [0.2, 0.25) is 0 Å². The Balaban J connectivity index is 2.02. The Morgan fingerprint density at radius 2 is 1.91 bits per heavy atom. The quantitative estimate of drug-likeness (QED) is 0.909. The number of aryl methyl sites for hydroxylation is 1. The zero-order chi connectivity index (χ0) is 16.5. The Hall–Kier alpha value is -1.89. The van der Waals surface area contributed by atoms with E-state index in [2.05, 4.69) is 41.5 Å². The summed E-state index contributed by atoms with van der Waals surface area (Å²) in [6.45, 7) is 12.0. The number of carbonyl (C=O) groups is 1. The molecule has 0 unspecified atom stereocenters. The summed E-state index contributed by atoms with van der Waals surface area (Å²) in [5.74, 6) is 0. The van der Waals surface area contributed by atoms with Gasteiger partial charge in [-0.2, -0.15) is 5.10 Å². The molecule has 2 aromatic heterocycles. The second kappa shape index (κ2) is 5.72. The summed E-state index contributed by atoms with van der Waals surface area (Å²) < 4.78 is 1.82. The lowest BCUT2D eigenvalue weighted by Gasteiger charge is -2.23. The number of amides is 2. The summed E-state index contributed by atoms with van der Waals surface area (Å²) in [4.78, 5) is 17.7. The Morgan fingerprint density at radius 3 is 2.41 bits per heavy atom. The van der Waals surface area contributed by atoms with Crippen molar-refractivity contribution in [1.82, 2.24) is 20.1 Å². The van der Waals surface area contributed by atoms with Crippen LogP contribution in [0.15, 0.2) is 18.6 Å². The number of hydrogen-bond donors (Lipinski definition) is 2. The van der Waals surface area contributed by atoms with Gasteiger partial charge in [0.25, 0.3) is 0 Å². The second-order valence-electron chi connectivity index (χ2n) is 6.82. The van der Waals surface area contributed by atoms with Crippen LogP contribution in [0.3, 0.4) is 0 Å². The number of thiazole rings is 1. The predicted molar refractivity (Wildman–Crippen MR) is 89.3 cm³/mol. The fourth-order valence-corrected chi connectivity index (χ4v) is 2.72. The molecule has 0 bridgehead atoms. The number of hydrogen-bond acceptors (Lipinski definition) is 4. The zero-order valence-corrected chi connectivity index (χ0v) is 14.7. The largest absolute Gasteiger partial charge is 0.326 e. The highest BCUT2D eigenvalue weighted by Crippen LogP contribution is 2.25. The molecule has 7 heteroatoms. The Labute approximate surface area is 135 Å². The van der Waals surface area contributed by atoms with E-state index in [0.717, 1.165) is 9.88 Å². The van der Waals surface area contributed by atoms with Crippen molar-refractivity contribution in [2.75, 3.05) is 5.32 Å². The molecular formula is C15H23N5OS. The molecule has 120 valence electrons. The molecule has 0 aromatic carbocycles. The highest BCUT2D eigenvalue weighted by atomic mass is 32.1. The van der Waals surface area contributed by atoms with Gasteiger partial charge in [-0.05, 0) is 41.5 Å². The number of nitrogens with zero attached hydrogens (tertiary/aromatic N) is 3. The monoisotopic (exact) mass is 321 g/mol. The maximum atomic E-state index is 12.2. The van der Waals surface area contributed by atoms with Gasteiger partial charge >= 0.3 is 6.03 Å². The second-order valence-corrected chi connectivity index (χ2v) is 8.06. The fourth-order valence-electron chi connectivity index (χ4n) is 1.90. The molecular weight excluding hydrogens is 298 g/mol. The number of aromatic nitrogens is 3. The van der Waals surface area contributed by atoms with Gasteiger partial charge in [0.15, 0.2) is 0 Å². The van der Waals surface area contributed by atoms with Crippen molar-refractivity contribution in [1.29, 1.82) is 0 Å². The molecule has 0 aliphatic carbocycles. The maximum absolute atomic E-state index is 12.2. The van der Waals surface area contributed by atoms with E-state index < -0.39 is 5.54 Å². The van der Waals surface area contributed by atoms with Gasteiger partial charge in [0, 0.05) is 17.3 Å². The molecule has 0 aliphatic heterocycles. The first-order valence-corrected chi connectivity index (χ1v) is 7.97. The van der Waals surface area contributed by atoms with Crippen LogP contribution in [0.2, 0.25) is 0 Å². The van der Waals surface area contributed by atoms with Gasteiger partial charge in [-0.25, -0.2) is 9.78 Å².